The van der Waals surface area contributed by atoms with Crippen LogP contribution in [0.5, 0.6) is 0 Å². The Morgan fingerprint density at radius 2 is 2.07 bits per heavy atom. The molecule has 1 aromatic rings. The van der Waals surface area contributed by atoms with E-state index in [4.69, 9.17) is 0 Å². The van der Waals surface area contributed by atoms with Gasteiger partial charge in [0.25, 0.3) is 0 Å². The molecule has 1 heterocycles. The van der Waals surface area contributed by atoms with Gasteiger partial charge >= 0.3 is 0 Å². The second-order valence-corrected chi connectivity index (χ2v) is 6.45. The Hall–Kier alpha value is -0.840. The summed E-state index contributed by atoms with van der Waals surface area (Å²) in [4.78, 5) is 4.13. The first-order valence-corrected chi connectivity index (χ1v) is 6.82. The maximum atomic E-state index is 11.7. The highest BCUT2D eigenvalue weighted by molar-refractivity contribution is 7.91. The number of imidazole rings is 1. The quantitative estimate of drug-likeness (QED) is 0.788. The third kappa shape index (κ3) is 2.59. The van der Waals surface area contributed by atoms with E-state index in [0.29, 0.717) is 0 Å². The van der Waals surface area contributed by atoms with Crippen molar-refractivity contribution in [1.29, 1.82) is 0 Å². The van der Waals surface area contributed by atoms with Crippen molar-refractivity contribution in [3.8, 4) is 0 Å². The van der Waals surface area contributed by atoms with E-state index in [9.17, 15) is 8.42 Å². The predicted octanol–water partition coefficient (Wildman–Crippen LogP) is 1.53. The average Bonchev–Trinajstić information content (AvgIpc) is 2.45. The number of aromatic nitrogens is 2. The van der Waals surface area contributed by atoms with Crippen LogP contribution in [0.4, 0.5) is 0 Å². The molecule has 1 rings (SSSR count). The van der Waals surface area contributed by atoms with Gasteiger partial charge in [-0.2, -0.15) is 0 Å². The maximum absolute atomic E-state index is 11.7. The maximum Gasteiger partial charge on any atom is 0.158 e. The fourth-order valence-electron chi connectivity index (χ4n) is 1.44. The molecule has 0 N–H and O–H groups in total. The summed E-state index contributed by atoms with van der Waals surface area (Å²) >= 11 is 0. The van der Waals surface area contributed by atoms with Crippen molar-refractivity contribution in [2.45, 2.75) is 45.2 Å². The Morgan fingerprint density at radius 1 is 1.47 bits per heavy atom. The molecule has 1 aromatic heterocycles. The van der Waals surface area contributed by atoms with Gasteiger partial charge in [-0.05, 0) is 27.7 Å². The molecule has 0 spiro atoms. The van der Waals surface area contributed by atoms with Crippen molar-refractivity contribution in [3.63, 3.8) is 0 Å². The summed E-state index contributed by atoms with van der Waals surface area (Å²) in [5.74, 6) is 0.950. The smallest absolute Gasteiger partial charge is 0.158 e. The third-order valence-corrected chi connectivity index (χ3v) is 4.66. The Morgan fingerprint density at radius 3 is 2.53 bits per heavy atom. The highest BCUT2D eigenvalue weighted by Gasteiger charge is 2.19. The van der Waals surface area contributed by atoms with Crippen LogP contribution in [0, 0.1) is 6.92 Å². The van der Waals surface area contributed by atoms with E-state index in [0.717, 1.165) is 18.1 Å². The first kappa shape index (κ1) is 12.2. The van der Waals surface area contributed by atoms with Crippen LogP contribution in [0.3, 0.4) is 0 Å². The van der Waals surface area contributed by atoms with Gasteiger partial charge < -0.3 is 4.57 Å². The Kier molecular flexibility index (Phi) is 3.54. The van der Waals surface area contributed by atoms with Gasteiger partial charge in [-0.15, -0.1) is 0 Å². The summed E-state index contributed by atoms with van der Waals surface area (Å²) in [6, 6.07) is 0. The van der Waals surface area contributed by atoms with Gasteiger partial charge in [0, 0.05) is 12.7 Å². The van der Waals surface area contributed by atoms with Gasteiger partial charge in [-0.25, -0.2) is 13.4 Å². The van der Waals surface area contributed by atoms with Gasteiger partial charge in [0.2, 0.25) is 0 Å². The molecule has 86 valence electrons. The average molecular weight is 230 g/mol. The fourth-order valence-corrected chi connectivity index (χ4v) is 2.41. The lowest BCUT2D eigenvalue weighted by molar-refractivity contribution is 0.583. The Labute approximate surface area is 91.3 Å². The van der Waals surface area contributed by atoms with Crippen LogP contribution in [-0.4, -0.2) is 23.2 Å². The fraction of sp³-hybridized carbons (Fsp3) is 0.700. The summed E-state index contributed by atoms with van der Waals surface area (Å²) in [5, 5.41) is -0.335. The van der Waals surface area contributed by atoms with Gasteiger partial charge in [-0.3, -0.25) is 0 Å². The number of hydrogen-bond acceptors (Lipinski definition) is 3. The summed E-state index contributed by atoms with van der Waals surface area (Å²) in [6.07, 6.45) is 1.65. The molecule has 15 heavy (non-hydrogen) atoms. The van der Waals surface area contributed by atoms with Crippen LogP contribution in [0.15, 0.2) is 6.20 Å². The van der Waals surface area contributed by atoms with Crippen LogP contribution in [0.2, 0.25) is 0 Å². The normalized spacial score (nSPS) is 12.3. The first-order valence-electron chi connectivity index (χ1n) is 5.11. The van der Waals surface area contributed by atoms with E-state index >= 15 is 0 Å². The third-order valence-electron chi connectivity index (χ3n) is 2.52. The number of sulfone groups is 1. The zero-order valence-electron chi connectivity index (χ0n) is 9.69. The van der Waals surface area contributed by atoms with Crippen LogP contribution >= 0.6 is 0 Å². The van der Waals surface area contributed by atoms with E-state index in [1.165, 1.54) is 0 Å². The summed E-state index contributed by atoms with van der Waals surface area (Å²) in [6.45, 7) is 8.04. The number of nitrogens with zero attached hydrogens (tertiary/aromatic N) is 2. The van der Waals surface area contributed by atoms with E-state index in [1.54, 1.807) is 20.0 Å². The Bertz CT molecular complexity index is 432. The van der Waals surface area contributed by atoms with E-state index in [1.807, 2.05) is 18.4 Å². The molecule has 0 atom stereocenters. The molecular formula is C10H18N2O2S. The van der Waals surface area contributed by atoms with Crippen molar-refractivity contribution < 1.29 is 8.42 Å². The highest BCUT2D eigenvalue weighted by Crippen LogP contribution is 2.12. The predicted molar refractivity (Wildman–Crippen MR) is 60.4 cm³/mol. The molecule has 0 saturated carbocycles. The topological polar surface area (TPSA) is 52.0 Å². The molecule has 0 aliphatic heterocycles. The minimum atomic E-state index is -3.03. The summed E-state index contributed by atoms with van der Waals surface area (Å²) in [5.41, 5.74) is 0.781. The number of rotatable bonds is 4. The molecule has 0 aliphatic carbocycles. The van der Waals surface area contributed by atoms with Crippen molar-refractivity contribution in [1.82, 2.24) is 9.55 Å². The number of aryl methyl sites for hydroxylation is 1. The number of hydrogen-bond donors (Lipinski definition) is 0. The summed E-state index contributed by atoms with van der Waals surface area (Å²) < 4.78 is 25.4. The second kappa shape index (κ2) is 4.35. The minimum absolute atomic E-state index is 0.0827. The molecule has 0 fully saturated rings. The van der Waals surface area contributed by atoms with Gasteiger partial charge in [0.15, 0.2) is 9.84 Å². The minimum Gasteiger partial charge on any atom is -0.332 e. The molecule has 0 amide bonds. The lowest BCUT2D eigenvalue weighted by Gasteiger charge is -2.10. The SMILES string of the molecule is CCn1c(CS(=O)(=O)C(C)C)cnc1C. The van der Waals surface area contributed by atoms with Crippen molar-refractivity contribution in [3.05, 3.63) is 17.7 Å². The van der Waals surface area contributed by atoms with Crippen molar-refractivity contribution >= 4 is 9.84 Å². The van der Waals surface area contributed by atoms with Crippen molar-refractivity contribution in [2.24, 2.45) is 0 Å². The van der Waals surface area contributed by atoms with Crippen LogP contribution < -0.4 is 0 Å². The standard InChI is InChI=1S/C10H18N2O2S/c1-5-12-9(4)11-6-10(12)7-15(13,14)8(2)3/h6,8H,5,7H2,1-4H3. The van der Waals surface area contributed by atoms with Crippen LogP contribution in [0.25, 0.3) is 0 Å². The van der Waals surface area contributed by atoms with Crippen LogP contribution in [0.1, 0.15) is 32.3 Å². The largest absolute Gasteiger partial charge is 0.332 e. The van der Waals surface area contributed by atoms with E-state index in [2.05, 4.69) is 4.98 Å². The monoisotopic (exact) mass is 230 g/mol. The molecule has 0 radical (unpaired) electrons. The molecule has 0 aromatic carbocycles. The van der Waals surface area contributed by atoms with E-state index < -0.39 is 9.84 Å². The molecule has 0 unspecified atom stereocenters. The molecule has 4 nitrogen and oxygen atoms in total. The zero-order valence-corrected chi connectivity index (χ0v) is 10.5. The van der Waals surface area contributed by atoms with E-state index in [-0.39, 0.29) is 11.0 Å². The summed E-state index contributed by atoms with van der Waals surface area (Å²) in [7, 11) is -3.03. The highest BCUT2D eigenvalue weighted by atomic mass is 32.2. The van der Waals surface area contributed by atoms with Crippen molar-refractivity contribution in [2.75, 3.05) is 0 Å². The molecule has 0 saturated heterocycles. The Balaban J connectivity index is 3.00. The molecule has 0 bridgehead atoms. The molecule has 5 heteroatoms. The second-order valence-electron chi connectivity index (χ2n) is 3.90. The van der Waals surface area contributed by atoms with Gasteiger partial charge in [0.1, 0.15) is 5.82 Å². The lowest BCUT2D eigenvalue weighted by atomic mass is 10.5. The zero-order chi connectivity index (χ0) is 11.6. The first-order chi connectivity index (χ1) is 6.88. The lowest BCUT2D eigenvalue weighted by Crippen LogP contribution is -2.18. The molecule has 0 aliphatic rings. The van der Waals surface area contributed by atoms with Crippen LogP contribution in [-0.2, 0) is 22.1 Å². The van der Waals surface area contributed by atoms with Gasteiger partial charge in [0.05, 0.1) is 16.7 Å². The molecular weight excluding hydrogens is 212 g/mol. The van der Waals surface area contributed by atoms with Gasteiger partial charge in [-0.1, -0.05) is 0 Å².